The van der Waals surface area contributed by atoms with E-state index >= 15 is 0 Å². The SMILES string of the molecule is CC1COCC(OC2CCCCO2)C1. The van der Waals surface area contributed by atoms with E-state index in [9.17, 15) is 0 Å². The molecule has 2 rings (SSSR count). The van der Waals surface area contributed by atoms with Crippen LogP contribution in [-0.2, 0) is 14.2 Å². The standard InChI is InChI=1S/C11H20O3/c1-9-6-10(8-12-7-9)14-11-4-2-3-5-13-11/h9-11H,2-8H2,1H3. The molecule has 0 aromatic rings. The maximum Gasteiger partial charge on any atom is 0.158 e. The molecule has 3 atom stereocenters. The summed E-state index contributed by atoms with van der Waals surface area (Å²) in [5.74, 6) is 0.623. The zero-order valence-electron chi connectivity index (χ0n) is 8.91. The van der Waals surface area contributed by atoms with Crippen LogP contribution in [0.4, 0.5) is 0 Å². The molecule has 0 aromatic heterocycles. The molecular formula is C11H20O3. The molecule has 2 aliphatic heterocycles. The van der Waals surface area contributed by atoms with Crippen molar-refractivity contribution in [1.82, 2.24) is 0 Å². The second kappa shape index (κ2) is 5.10. The molecule has 14 heavy (non-hydrogen) atoms. The minimum absolute atomic E-state index is 0.0302. The molecule has 0 N–H and O–H groups in total. The van der Waals surface area contributed by atoms with Crippen molar-refractivity contribution >= 4 is 0 Å². The topological polar surface area (TPSA) is 27.7 Å². The van der Waals surface area contributed by atoms with E-state index in [-0.39, 0.29) is 12.4 Å². The Morgan fingerprint density at radius 3 is 2.86 bits per heavy atom. The van der Waals surface area contributed by atoms with Gasteiger partial charge in [0.05, 0.1) is 12.7 Å². The summed E-state index contributed by atoms with van der Waals surface area (Å²) < 4.78 is 16.8. The molecule has 3 heteroatoms. The lowest BCUT2D eigenvalue weighted by Crippen LogP contribution is -2.35. The van der Waals surface area contributed by atoms with E-state index in [0.717, 1.165) is 32.7 Å². The smallest absolute Gasteiger partial charge is 0.158 e. The lowest BCUT2D eigenvalue weighted by molar-refractivity contribution is -0.210. The number of ether oxygens (including phenoxy) is 3. The van der Waals surface area contributed by atoms with Crippen molar-refractivity contribution in [1.29, 1.82) is 0 Å². The van der Waals surface area contributed by atoms with Crippen LogP contribution in [-0.4, -0.2) is 32.2 Å². The molecule has 82 valence electrons. The van der Waals surface area contributed by atoms with Crippen LogP contribution in [0.2, 0.25) is 0 Å². The second-order valence-corrected chi connectivity index (χ2v) is 4.43. The molecule has 0 bridgehead atoms. The van der Waals surface area contributed by atoms with Crippen LogP contribution in [0.5, 0.6) is 0 Å². The second-order valence-electron chi connectivity index (χ2n) is 4.43. The third-order valence-corrected chi connectivity index (χ3v) is 2.85. The van der Waals surface area contributed by atoms with E-state index in [4.69, 9.17) is 14.2 Å². The maximum atomic E-state index is 5.86. The monoisotopic (exact) mass is 200 g/mol. The molecule has 3 unspecified atom stereocenters. The Morgan fingerprint density at radius 1 is 1.21 bits per heavy atom. The van der Waals surface area contributed by atoms with Gasteiger partial charge in [0.2, 0.25) is 0 Å². The van der Waals surface area contributed by atoms with E-state index < -0.39 is 0 Å². The molecule has 0 radical (unpaired) electrons. The highest BCUT2D eigenvalue weighted by Gasteiger charge is 2.24. The maximum absolute atomic E-state index is 5.86. The minimum Gasteiger partial charge on any atom is -0.378 e. The normalized spacial score (nSPS) is 39.6. The fourth-order valence-electron chi connectivity index (χ4n) is 2.11. The van der Waals surface area contributed by atoms with Gasteiger partial charge in [0.1, 0.15) is 0 Å². The summed E-state index contributed by atoms with van der Waals surface area (Å²) in [6, 6.07) is 0. The van der Waals surface area contributed by atoms with Crippen LogP contribution in [0.1, 0.15) is 32.6 Å². The molecular weight excluding hydrogens is 180 g/mol. The predicted molar refractivity (Wildman–Crippen MR) is 53.1 cm³/mol. The van der Waals surface area contributed by atoms with Crippen molar-refractivity contribution in [3.8, 4) is 0 Å². The van der Waals surface area contributed by atoms with Crippen molar-refractivity contribution in [3.63, 3.8) is 0 Å². The number of rotatable bonds is 2. The van der Waals surface area contributed by atoms with Crippen LogP contribution in [0, 0.1) is 5.92 Å². The van der Waals surface area contributed by atoms with Gasteiger partial charge in [0.25, 0.3) is 0 Å². The minimum atomic E-state index is 0.0302. The molecule has 0 spiro atoms. The summed E-state index contributed by atoms with van der Waals surface area (Å²) >= 11 is 0. The van der Waals surface area contributed by atoms with Gasteiger partial charge in [0.15, 0.2) is 6.29 Å². The summed E-state index contributed by atoms with van der Waals surface area (Å²) in [6.45, 7) is 4.68. The third kappa shape index (κ3) is 2.94. The van der Waals surface area contributed by atoms with Gasteiger partial charge in [-0.15, -0.1) is 0 Å². The van der Waals surface area contributed by atoms with Gasteiger partial charge in [0, 0.05) is 13.2 Å². The Morgan fingerprint density at radius 2 is 2.14 bits per heavy atom. The molecule has 0 amide bonds. The van der Waals surface area contributed by atoms with Crippen molar-refractivity contribution in [2.75, 3.05) is 19.8 Å². The Bertz CT molecular complexity index is 166. The first-order valence-corrected chi connectivity index (χ1v) is 5.69. The van der Waals surface area contributed by atoms with Gasteiger partial charge >= 0.3 is 0 Å². The highest BCUT2D eigenvalue weighted by atomic mass is 16.7. The molecule has 2 fully saturated rings. The van der Waals surface area contributed by atoms with Gasteiger partial charge in [-0.3, -0.25) is 0 Å². The molecule has 2 aliphatic rings. The lowest BCUT2D eigenvalue weighted by atomic mass is 10.0. The summed E-state index contributed by atoms with van der Waals surface area (Å²) in [6.07, 6.45) is 4.85. The quantitative estimate of drug-likeness (QED) is 0.682. The van der Waals surface area contributed by atoms with Gasteiger partial charge in [-0.1, -0.05) is 6.92 Å². The highest BCUT2D eigenvalue weighted by Crippen LogP contribution is 2.21. The predicted octanol–water partition coefficient (Wildman–Crippen LogP) is 1.95. The van der Waals surface area contributed by atoms with E-state index in [1.807, 2.05) is 0 Å². The van der Waals surface area contributed by atoms with Gasteiger partial charge in [-0.2, -0.15) is 0 Å². The summed E-state index contributed by atoms with van der Waals surface area (Å²) in [4.78, 5) is 0. The van der Waals surface area contributed by atoms with E-state index in [1.54, 1.807) is 0 Å². The van der Waals surface area contributed by atoms with Gasteiger partial charge in [-0.05, 0) is 31.6 Å². The van der Waals surface area contributed by atoms with Crippen LogP contribution in [0.3, 0.4) is 0 Å². The summed E-state index contributed by atoms with van der Waals surface area (Å²) in [5.41, 5.74) is 0. The average Bonchev–Trinajstić information content (AvgIpc) is 2.19. The van der Waals surface area contributed by atoms with Crippen molar-refractivity contribution in [3.05, 3.63) is 0 Å². The van der Waals surface area contributed by atoms with E-state index in [2.05, 4.69) is 6.92 Å². The van der Waals surface area contributed by atoms with E-state index in [1.165, 1.54) is 12.8 Å². The summed E-state index contributed by atoms with van der Waals surface area (Å²) in [7, 11) is 0. The Hall–Kier alpha value is -0.120. The van der Waals surface area contributed by atoms with E-state index in [0.29, 0.717) is 5.92 Å². The highest BCUT2D eigenvalue weighted by molar-refractivity contribution is 4.69. The van der Waals surface area contributed by atoms with Crippen LogP contribution in [0.15, 0.2) is 0 Å². The number of hydrogen-bond acceptors (Lipinski definition) is 3. The molecule has 0 aliphatic carbocycles. The Labute approximate surface area is 85.7 Å². The Kier molecular flexibility index (Phi) is 3.79. The molecule has 2 heterocycles. The zero-order valence-corrected chi connectivity index (χ0v) is 8.91. The lowest BCUT2D eigenvalue weighted by Gasteiger charge is -2.32. The fraction of sp³-hybridized carbons (Fsp3) is 1.00. The molecule has 0 aromatic carbocycles. The van der Waals surface area contributed by atoms with Gasteiger partial charge < -0.3 is 14.2 Å². The van der Waals surface area contributed by atoms with Crippen LogP contribution < -0.4 is 0 Å². The number of hydrogen-bond donors (Lipinski definition) is 0. The first kappa shape index (κ1) is 10.4. The van der Waals surface area contributed by atoms with Crippen molar-refractivity contribution in [2.45, 2.75) is 45.0 Å². The van der Waals surface area contributed by atoms with Crippen molar-refractivity contribution in [2.24, 2.45) is 5.92 Å². The Balaban J connectivity index is 1.72. The third-order valence-electron chi connectivity index (χ3n) is 2.85. The molecule has 3 nitrogen and oxygen atoms in total. The first-order valence-electron chi connectivity index (χ1n) is 5.69. The average molecular weight is 200 g/mol. The largest absolute Gasteiger partial charge is 0.378 e. The molecule has 0 saturated carbocycles. The van der Waals surface area contributed by atoms with Crippen LogP contribution in [0.25, 0.3) is 0 Å². The summed E-state index contributed by atoms with van der Waals surface area (Å²) in [5, 5.41) is 0. The van der Waals surface area contributed by atoms with Gasteiger partial charge in [-0.25, -0.2) is 0 Å². The van der Waals surface area contributed by atoms with Crippen molar-refractivity contribution < 1.29 is 14.2 Å². The molecule has 2 saturated heterocycles. The first-order chi connectivity index (χ1) is 6.84. The zero-order chi connectivity index (χ0) is 9.80. The fourth-order valence-corrected chi connectivity index (χ4v) is 2.11. The van der Waals surface area contributed by atoms with Crippen LogP contribution >= 0.6 is 0 Å².